The molecule has 1 aliphatic carbocycles. The predicted molar refractivity (Wildman–Crippen MR) is 59.8 cm³/mol. The first-order chi connectivity index (χ1) is 7.02. The fraction of sp³-hybridized carbons (Fsp3) is 1.00. The highest BCUT2D eigenvalue weighted by atomic mass is 32.2. The van der Waals surface area contributed by atoms with Gasteiger partial charge in [0.05, 0.1) is 6.61 Å². The first-order valence-corrected chi connectivity index (χ1v) is 7.10. The van der Waals surface area contributed by atoms with Crippen LogP contribution in [0.15, 0.2) is 0 Å². The largest absolute Gasteiger partial charge is 0.311 e. The zero-order chi connectivity index (χ0) is 11.4. The second-order valence-electron chi connectivity index (χ2n) is 4.26. The van der Waals surface area contributed by atoms with Crippen molar-refractivity contribution in [2.45, 2.75) is 56.7 Å². The van der Waals surface area contributed by atoms with Gasteiger partial charge in [-0.25, -0.2) is 0 Å². The van der Waals surface area contributed by atoms with Crippen LogP contribution >= 0.6 is 0 Å². The van der Waals surface area contributed by atoms with Crippen molar-refractivity contribution >= 4 is 10.1 Å². The lowest BCUT2D eigenvalue weighted by molar-refractivity contribution is 0.270. The molecule has 0 aromatic heterocycles. The third kappa shape index (κ3) is 3.16. The van der Waals surface area contributed by atoms with Crippen molar-refractivity contribution in [1.82, 2.24) is 0 Å². The van der Waals surface area contributed by atoms with E-state index in [1.165, 1.54) is 0 Å². The lowest BCUT2D eigenvalue weighted by atomic mass is 9.96. The highest BCUT2D eigenvalue weighted by Crippen LogP contribution is 2.31. The molecule has 0 aromatic rings. The van der Waals surface area contributed by atoms with Crippen LogP contribution in [0, 0.1) is 0 Å². The molecule has 0 aliphatic heterocycles. The van der Waals surface area contributed by atoms with Crippen LogP contribution in [0.4, 0.5) is 0 Å². The van der Waals surface area contributed by atoms with Crippen molar-refractivity contribution < 1.29 is 12.6 Å². The molecule has 0 spiro atoms. The minimum atomic E-state index is -3.58. The van der Waals surface area contributed by atoms with Crippen LogP contribution in [-0.4, -0.2) is 19.9 Å². The van der Waals surface area contributed by atoms with E-state index < -0.39 is 15.0 Å². The summed E-state index contributed by atoms with van der Waals surface area (Å²) in [5, 5.41) is 0. The Balaban J connectivity index is 2.58. The van der Waals surface area contributed by atoms with Crippen LogP contribution in [0.3, 0.4) is 0 Å². The van der Waals surface area contributed by atoms with Gasteiger partial charge in [0.15, 0.2) is 0 Å². The molecule has 15 heavy (non-hydrogen) atoms. The SMILES string of the molecule is CCCCOS(=O)(=O)C1(N)CCCCC1. The summed E-state index contributed by atoms with van der Waals surface area (Å²) in [4.78, 5) is -1.13. The van der Waals surface area contributed by atoms with Crippen molar-refractivity contribution in [1.29, 1.82) is 0 Å². The van der Waals surface area contributed by atoms with Crippen LogP contribution < -0.4 is 5.73 Å². The molecule has 0 amide bonds. The maximum absolute atomic E-state index is 11.8. The lowest BCUT2D eigenvalue weighted by Gasteiger charge is -2.31. The second kappa shape index (κ2) is 5.27. The van der Waals surface area contributed by atoms with Crippen LogP contribution in [0.1, 0.15) is 51.9 Å². The van der Waals surface area contributed by atoms with Crippen LogP contribution in [0.2, 0.25) is 0 Å². The molecule has 0 aromatic carbocycles. The van der Waals surface area contributed by atoms with E-state index in [4.69, 9.17) is 9.92 Å². The topological polar surface area (TPSA) is 69.4 Å². The smallest absolute Gasteiger partial charge is 0.286 e. The summed E-state index contributed by atoms with van der Waals surface area (Å²) in [6, 6.07) is 0. The number of nitrogens with two attached hydrogens (primary N) is 1. The Kier molecular flexibility index (Phi) is 4.55. The number of rotatable bonds is 5. The van der Waals surface area contributed by atoms with Gasteiger partial charge in [0.1, 0.15) is 4.87 Å². The summed E-state index contributed by atoms with van der Waals surface area (Å²) in [6.45, 7) is 2.26. The van der Waals surface area contributed by atoms with E-state index in [9.17, 15) is 8.42 Å². The molecule has 0 saturated heterocycles. The first-order valence-electron chi connectivity index (χ1n) is 5.70. The monoisotopic (exact) mass is 235 g/mol. The Labute approximate surface area is 92.3 Å². The number of unbranched alkanes of at least 4 members (excludes halogenated alkanes) is 1. The van der Waals surface area contributed by atoms with E-state index in [0.717, 1.165) is 32.1 Å². The zero-order valence-corrected chi connectivity index (χ0v) is 10.2. The van der Waals surface area contributed by atoms with Gasteiger partial charge < -0.3 is 5.73 Å². The maximum Gasteiger partial charge on any atom is 0.286 e. The van der Waals surface area contributed by atoms with Gasteiger partial charge in [-0.3, -0.25) is 4.18 Å². The van der Waals surface area contributed by atoms with Gasteiger partial charge >= 0.3 is 0 Å². The quantitative estimate of drug-likeness (QED) is 0.582. The molecule has 0 radical (unpaired) electrons. The molecule has 90 valence electrons. The Morgan fingerprint density at radius 1 is 1.27 bits per heavy atom. The molecule has 1 rings (SSSR count). The molecule has 1 fully saturated rings. The maximum atomic E-state index is 11.8. The van der Waals surface area contributed by atoms with Gasteiger partial charge in [0.25, 0.3) is 10.1 Å². The minimum Gasteiger partial charge on any atom is -0.311 e. The van der Waals surface area contributed by atoms with Crippen LogP contribution in [0.5, 0.6) is 0 Å². The summed E-state index contributed by atoms with van der Waals surface area (Å²) in [7, 11) is -3.58. The Bertz CT molecular complexity index is 281. The second-order valence-corrected chi connectivity index (χ2v) is 6.21. The molecule has 0 atom stereocenters. The lowest BCUT2D eigenvalue weighted by Crippen LogP contribution is -2.50. The average molecular weight is 235 g/mol. The van der Waals surface area contributed by atoms with Crippen LogP contribution in [-0.2, 0) is 14.3 Å². The molecule has 0 heterocycles. The number of hydrogen-bond acceptors (Lipinski definition) is 4. The van der Waals surface area contributed by atoms with E-state index in [1.807, 2.05) is 6.92 Å². The summed E-state index contributed by atoms with van der Waals surface area (Å²) < 4.78 is 28.6. The normalized spacial score (nSPS) is 21.5. The zero-order valence-electron chi connectivity index (χ0n) is 9.37. The Morgan fingerprint density at radius 2 is 1.87 bits per heavy atom. The van der Waals surface area contributed by atoms with E-state index in [-0.39, 0.29) is 6.61 Å². The summed E-state index contributed by atoms with van der Waals surface area (Å²) in [6.07, 6.45) is 5.58. The molecule has 0 unspecified atom stereocenters. The summed E-state index contributed by atoms with van der Waals surface area (Å²) >= 11 is 0. The third-order valence-corrected chi connectivity index (χ3v) is 4.82. The van der Waals surface area contributed by atoms with Crippen molar-refractivity contribution in [2.24, 2.45) is 5.73 Å². The van der Waals surface area contributed by atoms with Crippen molar-refractivity contribution in [2.75, 3.05) is 6.61 Å². The van der Waals surface area contributed by atoms with E-state index in [1.54, 1.807) is 0 Å². The first kappa shape index (κ1) is 12.9. The molecule has 0 bridgehead atoms. The molecular weight excluding hydrogens is 214 g/mol. The van der Waals surface area contributed by atoms with Gasteiger partial charge in [-0.05, 0) is 19.3 Å². The molecule has 1 saturated carbocycles. The van der Waals surface area contributed by atoms with E-state index in [2.05, 4.69) is 0 Å². The molecular formula is C10H21NO3S. The van der Waals surface area contributed by atoms with Crippen molar-refractivity contribution in [3.05, 3.63) is 0 Å². The predicted octanol–water partition coefficient (Wildman–Crippen LogP) is 1.75. The molecule has 2 N–H and O–H groups in total. The van der Waals surface area contributed by atoms with Gasteiger partial charge in [-0.2, -0.15) is 8.42 Å². The summed E-state index contributed by atoms with van der Waals surface area (Å²) in [5.41, 5.74) is 5.91. The summed E-state index contributed by atoms with van der Waals surface area (Å²) in [5.74, 6) is 0. The van der Waals surface area contributed by atoms with Gasteiger partial charge in [-0.15, -0.1) is 0 Å². The van der Waals surface area contributed by atoms with E-state index in [0.29, 0.717) is 12.8 Å². The molecule has 4 nitrogen and oxygen atoms in total. The van der Waals surface area contributed by atoms with Crippen molar-refractivity contribution in [3.8, 4) is 0 Å². The molecule has 1 aliphatic rings. The number of hydrogen-bond donors (Lipinski definition) is 1. The fourth-order valence-corrected chi connectivity index (χ4v) is 3.19. The average Bonchev–Trinajstić information content (AvgIpc) is 2.19. The minimum absolute atomic E-state index is 0.262. The highest BCUT2D eigenvalue weighted by Gasteiger charge is 2.41. The van der Waals surface area contributed by atoms with E-state index >= 15 is 0 Å². The highest BCUT2D eigenvalue weighted by molar-refractivity contribution is 7.88. The van der Waals surface area contributed by atoms with Crippen molar-refractivity contribution in [3.63, 3.8) is 0 Å². The fourth-order valence-electron chi connectivity index (χ4n) is 1.83. The van der Waals surface area contributed by atoms with Gasteiger partial charge in [0.2, 0.25) is 0 Å². The Hall–Kier alpha value is -0.130. The van der Waals surface area contributed by atoms with Crippen LogP contribution in [0.25, 0.3) is 0 Å². The standard InChI is InChI=1S/C10H21NO3S/c1-2-3-9-14-15(12,13)10(11)7-5-4-6-8-10/h2-9,11H2,1H3. The molecule has 5 heteroatoms. The Morgan fingerprint density at radius 3 is 2.40 bits per heavy atom. The van der Waals surface area contributed by atoms with Gasteiger partial charge in [0, 0.05) is 0 Å². The third-order valence-electron chi connectivity index (χ3n) is 2.93. The van der Waals surface area contributed by atoms with Gasteiger partial charge in [-0.1, -0.05) is 32.6 Å².